The zero-order chi connectivity index (χ0) is 21.1. The maximum absolute atomic E-state index is 13.0. The Kier molecular flexibility index (Phi) is 10.1. The number of halogens is 1. The number of carbonyl (C=O) groups is 2. The van der Waals surface area contributed by atoms with Crippen LogP contribution in [0.15, 0.2) is 54.6 Å². The molecule has 0 radical (unpaired) electrons. The number of hydrogen-bond acceptors (Lipinski definition) is 3. The molecule has 0 heterocycles. The highest BCUT2D eigenvalue weighted by Gasteiger charge is 2.25. The Balaban J connectivity index is 2.03. The highest BCUT2D eigenvalue weighted by atomic mass is 35.5. The van der Waals surface area contributed by atoms with Crippen molar-refractivity contribution in [2.24, 2.45) is 0 Å². The Morgan fingerprint density at radius 3 is 2.52 bits per heavy atom. The van der Waals surface area contributed by atoms with Gasteiger partial charge in [-0.2, -0.15) is 0 Å². The van der Waals surface area contributed by atoms with Crippen LogP contribution in [-0.4, -0.2) is 35.1 Å². The quantitative estimate of drug-likeness (QED) is 0.513. The van der Waals surface area contributed by atoms with E-state index >= 15 is 0 Å². The van der Waals surface area contributed by atoms with Gasteiger partial charge in [-0.3, -0.25) is 9.59 Å². The molecule has 2 aromatic rings. The Labute approximate surface area is 183 Å². The summed E-state index contributed by atoms with van der Waals surface area (Å²) in [5.74, 6) is 0.905. The van der Waals surface area contributed by atoms with E-state index in [0.717, 1.165) is 24.2 Å². The predicted molar refractivity (Wildman–Crippen MR) is 122 cm³/mol. The van der Waals surface area contributed by atoms with Crippen LogP contribution in [0.3, 0.4) is 0 Å². The summed E-state index contributed by atoms with van der Waals surface area (Å²) in [7, 11) is 0. The van der Waals surface area contributed by atoms with Crippen molar-refractivity contribution in [3.05, 3.63) is 70.7 Å². The van der Waals surface area contributed by atoms with Gasteiger partial charge in [0.05, 0.1) is 5.75 Å². The molecule has 0 unspecified atom stereocenters. The fourth-order valence-corrected chi connectivity index (χ4v) is 3.95. The molecule has 4 nitrogen and oxygen atoms in total. The molecule has 2 aromatic carbocycles. The lowest BCUT2D eigenvalue weighted by molar-refractivity contribution is -0.138. The van der Waals surface area contributed by atoms with Gasteiger partial charge in [0.1, 0.15) is 6.04 Å². The first kappa shape index (κ1) is 23.3. The minimum atomic E-state index is -0.546. The number of nitrogens with zero attached hydrogens (tertiary/aromatic N) is 1. The largest absolute Gasteiger partial charge is 0.354 e. The molecule has 6 heteroatoms. The van der Waals surface area contributed by atoms with Crippen molar-refractivity contribution < 1.29 is 9.59 Å². The molecule has 0 bridgehead atoms. The van der Waals surface area contributed by atoms with Crippen molar-refractivity contribution in [2.75, 3.05) is 12.3 Å². The fraction of sp³-hybridized carbons (Fsp3) is 0.391. The zero-order valence-electron chi connectivity index (χ0n) is 17.1. The van der Waals surface area contributed by atoms with Crippen LogP contribution in [0.1, 0.15) is 37.8 Å². The maximum Gasteiger partial charge on any atom is 0.242 e. The van der Waals surface area contributed by atoms with Crippen LogP contribution >= 0.6 is 23.4 Å². The highest BCUT2D eigenvalue weighted by Crippen LogP contribution is 2.17. The predicted octanol–water partition coefficient (Wildman–Crippen LogP) is 4.91. The van der Waals surface area contributed by atoms with Crippen molar-refractivity contribution in [1.29, 1.82) is 0 Å². The van der Waals surface area contributed by atoms with Crippen LogP contribution in [-0.2, 0) is 21.9 Å². The van der Waals surface area contributed by atoms with Gasteiger partial charge in [0, 0.05) is 23.9 Å². The molecule has 1 atom stereocenters. The van der Waals surface area contributed by atoms with Crippen LogP contribution in [0.5, 0.6) is 0 Å². The molecule has 0 aliphatic heterocycles. The summed E-state index contributed by atoms with van der Waals surface area (Å²) in [4.78, 5) is 27.2. The molecule has 0 saturated carbocycles. The number of unbranched alkanes of at least 4 members (excludes halogenated alkanes) is 1. The average molecular weight is 433 g/mol. The molecule has 29 heavy (non-hydrogen) atoms. The van der Waals surface area contributed by atoms with Gasteiger partial charge in [0.2, 0.25) is 11.8 Å². The SMILES string of the molecule is CCCCNC(=O)[C@@H](C)N(Cc1cccc(Cl)c1)C(=O)CSCc1ccccc1. The van der Waals surface area contributed by atoms with Gasteiger partial charge in [0.25, 0.3) is 0 Å². The molecular weight excluding hydrogens is 404 g/mol. The maximum atomic E-state index is 13.0. The van der Waals surface area contributed by atoms with Crippen molar-refractivity contribution >= 4 is 35.2 Å². The van der Waals surface area contributed by atoms with E-state index in [1.165, 1.54) is 5.56 Å². The highest BCUT2D eigenvalue weighted by molar-refractivity contribution is 7.99. The zero-order valence-corrected chi connectivity index (χ0v) is 18.6. The topological polar surface area (TPSA) is 49.4 Å². The van der Waals surface area contributed by atoms with Gasteiger partial charge >= 0.3 is 0 Å². The summed E-state index contributed by atoms with van der Waals surface area (Å²) in [6, 6.07) is 16.9. The Morgan fingerprint density at radius 2 is 1.83 bits per heavy atom. The van der Waals surface area contributed by atoms with Crippen LogP contribution in [0, 0.1) is 0 Å². The van der Waals surface area contributed by atoms with E-state index in [1.54, 1.807) is 29.7 Å². The normalized spacial score (nSPS) is 11.7. The Morgan fingerprint density at radius 1 is 1.10 bits per heavy atom. The molecule has 0 aliphatic carbocycles. The fourth-order valence-electron chi connectivity index (χ4n) is 2.86. The average Bonchev–Trinajstić information content (AvgIpc) is 2.72. The Hall–Kier alpha value is -1.98. The van der Waals surface area contributed by atoms with E-state index in [-0.39, 0.29) is 11.8 Å². The number of carbonyl (C=O) groups excluding carboxylic acids is 2. The second-order valence-corrected chi connectivity index (χ2v) is 8.37. The molecule has 0 aromatic heterocycles. The number of rotatable bonds is 11. The van der Waals surface area contributed by atoms with Gasteiger partial charge in [0.15, 0.2) is 0 Å². The number of hydrogen-bond donors (Lipinski definition) is 1. The molecule has 2 amide bonds. The number of benzene rings is 2. The molecule has 1 N–H and O–H groups in total. The molecule has 0 aliphatic rings. The van der Waals surface area contributed by atoms with Crippen molar-refractivity contribution in [3.8, 4) is 0 Å². The Bertz CT molecular complexity index is 785. The number of amides is 2. The minimum Gasteiger partial charge on any atom is -0.354 e. The third-order valence-electron chi connectivity index (χ3n) is 4.58. The first-order valence-corrected chi connectivity index (χ1v) is 11.5. The first-order valence-electron chi connectivity index (χ1n) is 9.94. The van der Waals surface area contributed by atoms with E-state index in [2.05, 4.69) is 12.2 Å². The van der Waals surface area contributed by atoms with Gasteiger partial charge < -0.3 is 10.2 Å². The molecule has 156 valence electrons. The molecular formula is C23H29ClN2O2S. The van der Waals surface area contributed by atoms with Gasteiger partial charge in [-0.25, -0.2) is 0 Å². The molecule has 2 rings (SSSR count). The van der Waals surface area contributed by atoms with E-state index in [4.69, 9.17) is 11.6 Å². The van der Waals surface area contributed by atoms with E-state index < -0.39 is 6.04 Å². The second-order valence-electron chi connectivity index (χ2n) is 6.95. The molecule has 0 spiro atoms. The van der Waals surface area contributed by atoms with Gasteiger partial charge in [-0.15, -0.1) is 11.8 Å². The third-order valence-corrected chi connectivity index (χ3v) is 5.80. The lowest BCUT2D eigenvalue weighted by Crippen LogP contribution is -2.48. The van der Waals surface area contributed by atoms with Crippen LogP contribution < -0.4 is 5.32 Å². The summed E-state index contributed by atoms with van der Waals surface area (Å²) >= 11 is 7.66. The first-order chi connectivity index (χ1) is 14.0. The summed E-state index contributed by atoms with van der Waals surface area (Å²) in [6.07, 6.45) is 1.93. The standard InChI is InChI=1S/C23H29ClN2O2S/c1-3-4-13-25-23(28)18(2)26(15-20-11-8-12-21(24)14-20)22(27)17-29-16-19-9-6-5-7-10-19/h5-12,14,18H,3-4,13,15-17H2,1-2H3,(H,25,28)/t18-/m1/s1. The van der Waals surface area contributed by atoms with Crippen LogP contribution in [0.2, 0.25) is 5.02 Å². The smallest absolute Gasteiger partial charge is 0.242 e. The van der Waals surface area contributed by atoms with E-state index in [0.29, 0.717) is 23.9 Å². The van der Waals surface area contributed by atoms with Gasteiger partial charge in [-0.05, 0) is 36.6 Å². The number of thioether (sulfide) groups is 1. The van der Waals surface area contributed by atoms with Crippen molar-refractivity contribution in [3.63, 3.8) is 0 Å². The monoisotopic (exact) mass is 432 g/mol. The summed E-state index contributed by atoms with van der Waals surface area (Å²) in [6.45, 7) is 4.84. The van der Waals surface area contributed by atoms with Gasteiger partial charge in [-0.1, -0.05) is 67.4 Å². The second kappa shape index (κ2) is 12.6. The number of nitrogens with one attached hydrogen (secondary N) is 1. The summed E-state index contributed by atoms with van der Waals surface area (Å²) in [5.41, 5.74) is 2.09. The van der Waals surface area contributed by atoms with Crippen LogP contribution in [0.25, 0.3) is 0 Å². The molecule has 0 saturated heterocycles. The van der Waals surface area contributed by atoms with E-state index in [9.17, 15) is 9.59 Å². The summed E-state index contributed by atoms with van der Waals surface area (Å²) < 4.78 is 0. The summed E-state index contributed by atoms with van der Waals surface area (Å²) in [5, 5.41) is 3.55. The third kappa shape index (κ3) is 8.11. The lowest BCUT2D eigenvalue weighted by atomic mass is 10.1. The van der Waals surface area contributed by atoms with Crippen LogP contribution in [0.4, 0.5) is 0 Å². The minimum absolute atomic E-state index is 0.0518. The molecule has 0 fully saturated rings. The van der Waals surface area contributed by atoms with Crippen molar-refractivity contribution in [1.82, 2.24) is 10.2 Å². The van der Waals surface area contributed by atoms with Crippen molar-refractivity contribution in [2.45, 2.75) is 45.0 Å². The van der Waals surface area contributed by atoms with E-state index in [1.807, 2.05) is 48.5 Å². The lowest BCUT2D eigenvalue weighted by Gasteiger charge is -2.29.